The molecule has 0 spiro atoms. The van der Waals surface area contributed by atoms with Gasteiger partial charge in [0.25, 0.3) is 0 Å². The smallest absolute Gasteiger partial charge is 0.352 e. The fraction of sp³-hybridized carbons (Fsp3) is 0.375. The second kappa shape index (κ2) is 11.3. The maximum absolute atomic E-state index is 12.2. The van der Waals surface area contributed by atoms with Crippen molar-refractivity contribution in [3.63, 3.8) is 0 Å². The quantitative estimate of drug-likeness (QED) is 0.521. The molecule has 1 saturated heterocycles. The summed E-state index contributed by atoms with van der Waals surface area (Å²) in [6, 6.07) is 13.1. The van der Waals surface area contributed by atoms with E-state index in [1.165, 1.54) is 36.7 Å². The van der Waals surface area contributed by atoms with E-state index >= 15 is 0 Å². The molecule has 2 aromatic heterocycles. The molecule has 176 valence electrons. The van der Waals surface area contributed by atoms with Gasteiger partial charge in [0.15, 0.2) is 0 Å². The third kappa shape index (κ3) is 6.77. The molecule has 4 rings (SSSR count). The number of nitrogens with zero attached hydrogens (tertiary/aromatic N) is 3. The second-order valence-corrected chi connectivity index (χ2v) is 8.79. The third-order valence-corrected chi connectivity index (χ3v) is 5.85. The van der Waals surface area contributed by atoms with E-state index in [9.17, 15) is 14.7 Å². The van der Waals surface area contributed by atoms with Crippen molar-refractivity contribution in [3.05, 3.63) is 59.4 Å². The molecular weight excluding hydrogens is 442 g/mol. The summed E-state index contributed by atoms with van der Waals surface area (Å²) >= 11 is 5.74. The molecule has 3 aromatic rings. The van der Waals surface area contributed by atoms with Crippen molar-refractivity contribution in [3.8, 4) is 0 Å². The molecule has 0 aliphatic carbocycles. The normalized spacial score (nSPS) is 14.7. The summed E-state index contributed by atoms with van der Waals surface area (Å²) in [5, 5.41) is 13.2. The first-order chi connectivity index (χ1) is 15.7. The molecule has 1 aromatic carbocycles. The summed E-state index contributed by atoms with van der Waals surface area (Å²) in [6.45, 7) is 6.75. The predicted molar refractivity (Wildman–Crippen MR) is 131 cm³/mol. The van der Waals surface area contributed by atoms with Gasteiger partial charge < -0.3 is 25.6 Å². The van der Waals surface area contributed by atoms with Crippen LogP contribution in [0.5, 0.6) is 0 Å². The number of amides is 1. The van der Waals surface area contributed by atoms with Gasteiger partial charge >= 0.3 is 5.97 Å². The van der Waals surface area contributed by atoms with Gasteiger partial charge in [-0.25, -0.2) is 9.78 Å². The van der Waals surface area contributed by atoms with Gasteiger partial charge in [-0.05, 0) is 64.0 Å². The molecule has 1 amide bonds. The monoisotopic (exact) mass is 471 g/mol. The Morgan fingerprint density at radius 3 is 2.52 bits per heavy atom. The van der Waals surface area contributed by atoms with Crippen LogP contribution in [0.15, 0.2) is 48.7 Å². The number of nitrogens with two attached hydrogens (primary N) is 1. The number of hydrogen-bond acceptors (Lipinski definition) is 5. The highest BCUT2D eigenvalue weighted by Gasteiger charge is 2.18. The first-order valence-electron chi connectivity index (χ1n) is 11.0. The molecule has 33 heavy (non-hydrogen) atoms. The van der Waals surface area contributed by atoms with Crippen molar-refractivity contribution in [2.75, 3.05) is 18.4 Å². The Hall–Kier alpha value is -2.94. The summed E-state index contributed by atoms with van der Waals surface area (Å²) in [5.41, 5.74) is 6.52. The zero-order valence-corrected chi connectivity index (χ0v) is 19.6. The van der Waals surface area contributed by atoms with Crippen LogP contribution < -0.4 is 11.1 Å². The van der Waals surface area contributed by atoms with E-state index in [1.54, 1.807) is 36.4 Å². The van der Waals surface area contributed by atoms with Gasteiger partial charge in [-0.2, -0.15) is 0 Å². The molecular formula is C24H30ClN5O3. The number of carboxylic acid groups (broad SMARTS) is 1. The van der Waals surface area contributed by atoms with E-state index in [2.05, 4.69) is 29.0 Å². The highest BCUT2D eigenvalue weighted by Crippen LogP contribution is 2.20. The van der Waals surface area contributed by atoms with Crippen LogP contribution in [0.3, 0.4) is 0 Å². The molecule has 9 heteroatoms. The lowest BCUT2D eigenvalue weighted by atomic mass is 10.1. The van der Waals surface area contributed by atoms with Gasteiger partial charge in [0.05, 0.1) is 5.02 Å². The number of carboxylic acids is 1. The van der Waals surface area contributed by atoms with Crippen molar-refractivity contribution >= 4 is 40.2 Å². The van der Waals surface area contributed by atoms with Crippen LogP contribution in [0.4, 0.5) is 5.82 Å². The van der Waals surface area contributed by atoms with Crippen LogP contribution in [0, 0.1) is 0 Å². The number of carbonyl (C=O) groups is 2. The Morgan fingerprint density at radius 1 is 1.21 bits per heavy atom. The van der Waals surface area contributed by atoms with Crippen molar-refractivity contribution < 1.29 is 14.7 Å². The number of aromatic nitrogens is 2. The van der Waals surface area contributed by atoms with Gasteiger partial charge in [0.1, 0.15) is 18.1 Å². The molecule has 0 radical (unpaired) electrons. The first-order valence-corrected chi connectivity index (χ1v) is 11.3. The number of halogens is 1. The molecule has 8 nitrogen and oxygen atoms in total. The molecule has 0 saturated carbocycles. The molecule has 1 aliphatic rings. The number of pyridine rings is 1. The zero-order chi connectivity index (χ0) is 24.0. The number of fused-ring (bicyclic) bond motifs is 1. The lowest BCUT2D eigenvalue weighted by Gasteiger charge is -2.32. The number of anilines is 1. The summed E-state index contributed by atoms with van der Waals surface area (Å²) in [7, 11) is 0. The number of para-hydroxylation sites is 1. The standard InChI is InChI=1S/C16H12ClN3O3.C8H18N2/c17-11-5-6-14(18-8-11)19-15(21)9-20-12-4-2-1-3-10(12)7-13(20)16(22)23;1-7(2)10-5-3-8(9)4-6-10/h1-8H,9H2,(H,22,23)(H,18,19,21);7-8H,3-6,9H2,1-2H3. The second-order valence-electron chi connectivity index (χ2n) is 8.36. The van der Waals surface area contributed by atoms with Gasteiger partial charge in [-0.1, -0.05) is 29.8 Å². The number of carbonyl (C=O) groups excluding carboxylic acids is 1. The molecule has 1 aliphatic heterocycles. The number of likely N-dealkylation sites (tertiary alicyclic amines) is 1. The molecule has 0 bridgehead atoms. The fourth-order valence-electron chi connectivity index (χ4n) is 3.77. The highest BCUT2D eigenvalue weighted by atomic mass is 35.5. The Balaban J connectivity index is 0.000000257. The number of rotatable bonds is 5. The van der Waals surface area contributed by atoms with E-state index < -0.39 is 5.97 Å². The average Bonchev–Trinajstić information content (AvgIpc) is 3.15. The lowest BCUT2D eigenvalue weighted by Crippen LogP contribution is -2.42. The van der Waals surface area contributed by atoms with Crippen molar-refractivity contribution in [1.82, 2.24) is 14.5 Å². The summed E-state index contributed by atoms with van der Waals surface area (Å²) in [5.74, 6) is -1.10. The van der Waals surface area contributed by atoms with Crippen molar-refractivity contribution in [2.45, 2.75) is 45.3 Å². The zero-order valence-electron chi connectivity index (χ0n) is 18.9. The summed E-state index contributed by atoms with van der Waals surface area (Å²) in [4.78, 5) is 30.0. The molecule has 1 fully saturated rings. The van der Waals surface area contributed by atoms with E-state index in [4.69, 9.17) is 17.3 Å². The number of nitrogens with one attached hydrogen (secondary N) is 1. The minimum Gasteiger partial charge on any atom is -0.477 e. The van der Waals surface area contributed by atoms with Crippen LogP contribution in [0.1, 0.15) is 37.2 Å². The Morgan fingerprint density at radius 2 is 1.91 bits per heavy atom. The van der Waals surface area contributed by atoms with Crippen LogP contribution in [-0.4, -0.2) is 56.6 Å². The van der Waals surface area contributed by atoms with Crippen molar-refractivity contribution in [1.29, 1.82) is 0 Å². The SMILES string of the molecule is CC(C)N1CCC(N)CC1.O=C(Cn1c(C(=O)O)cc2ccccc21)Nc1ccc(Cl)cn1. The molecule has 3 heterocycles. The van der Waals surface area contributed by atoms with Gasteiger partial charge in [0.2, 0.25) is 5.91 Å². The van der Waals surface area contributed by atoms with E-state index in [-0.39, 0.29) is 18.1 Å². The average molecular weight is 472 g/mol. The van der Waals surface area contributed by atoms with Gasteiger partial charge in [-0.3, -0.25) is 4.79 Å². The highest BCUT2D eigenvalue weighted by molar-refractivity contribution is 6.30. The Labute approximate surface area is 198 Å². The molecule has 0 atom stereocenters. The Bertz CT molecular complexity index is 1090. The third-order valence-electron chi connectivity index (χ3n) is 5.63. The summed E-state index contributed by atoms with van der Waals surface area (Å²) in [6.07, 6.45) is 3.78. The predicted octanol–water partition coefficient (Wildman–Crippen LogP) is 3.84. The number of hydrogen-bond donors (Lipinski definition) is 3. The van der Waals surface area contributed by atoms with Crippen LogP contribution >= 0.6 is 11.6 Å². The van der Waals surface area contributed by atoms with Gasteiger partial charge in [-0.15, -0.1) is 0 Å². The lowest BCUT2D eigenvalue weighted by molar-refractivity contribution is -0.116. The minimum atomic E-state index is -1.08. The first kappa shape index (κ1) is 24.7. The Kier molecular flexibility index (Phi) is 8.43. The van der Waals surface area contributed by atoms with E-state index in [0.29, 0.717) is 28.4 Å². The number of piperidine rings is 1. The fourth-order valence-corrected chi connectivity index (χ4v) is 3.88. The summed E-state index contributed by atoms with van der Waals surface area (Å²) < 4.78 is 1.46. The topological polar surface area (TPSA) is 113 Å². The van der Waals surface area contributed by atoms with Crippen LogP contribution in [-0.2, 0) is 11.3 Å². The van der Waals surface area contributed by atoms with E-state index in [1.807, 2.05) is 6.07 Å². The number of aromatic carboxylic acids is 1. The largest absolute Gasteiger partial charge is 0.477 e. The number of benzene rings is 1. The van der Waals surface area contributed by atoms with Gasteiger partial charge in [0, 0.05) is 29.2 Å². The van der Waals surface area contributed by atoms with Crippen molar-refractivity contribution in [2.24, 2.45) is 5.73 Å². The van der Waals surface area contributed by atoms with Crippen LogP contribution in [0.25, 0.3) is 10.9 Å². The maximum Gasteiger partial charge on any atom is 0.352 e. The maximum atomic E-state index is 12.2. The van der Waals surface area contributed by atoms with Crippen LogP contribution in [0.2, 0.25) is 5.02 Å². The minimum absolute atomic E-state index is 0.0606. The van der Waals surface area contributed by atoms with E-state index in [0.717, 1.165) is 5.39 Å². The molecule has 0 unspecified atom stereocenters. The molecule has 4 N–H and O–H groups in total.